The molecule has 3 nitrogen and oxygen atoms in total. The maximum absolute atomic E-state index is 13.2. The van der Waals surface area contributed by atoms with Crippen LogP contribution in [0.5, 0.6) is 5.75 Å². The van der Waals surface area contributed by atoms with Gasteiger partial charge in [0.1, 0.15) is 0 Å². The molecule has 1 aromatic carbocycles. The summed E-state index contributed by atoms with van der Waals surface area (Å²) in [7, 11) is 0. The summed E-state index contributed by atoms with van der Waals surface area (Å²) in [6, 6.07) is 4.26. The molecule has 0 aliphatic heterocycles. The van der Waals surface area contributed by atoms with Crippen LogP contribution in [0.2, 0.25) is 0 Å². The zero-order chi connectivity index (χ0) is 10.6. The molecule has 1 rings (SSSR count). The summed E-state index contributed by atoms with van der Waals surface area (Å²) >= 11 is 0. The van der Waals surface area contributed by atoms with E-state index in [9.17, 15) is 9.18 Å². The molecule has 0 atom stereocenters. The minimum absolute atomic E-state index is 0.0393. The van der Waals surface area contributed by atoms with E-state index >= 15 is 0 Å². The number of para-hydroxylation sites is 1. The first kappa shape index (κ1) is 10.5. The Morgan fingerprint density at radius 1 is 1.57 bits per heavy atom. The summed E-state index contributed by atoms with van der Waals surface area (Å²) < 4.78 is 18.2. The second kappa shape index (κ2) is 4.60. The van der Waals surface area contributed by atoms with Crippen LogP contribution in [-0.4, -0.2) is 17.7 Å². The van der Waals surface area contributed by atoms with Crippen molar-refractivity contribution >= 4 is 5.97 Å². The van der Waals surface area contributed by atoms with E-state index in [2.05, 4.69) is 0 Å². The van der Waals surface area contributed by atoms with Gasteiger partial charge in [0, 0.05) is 5.56 Å². The van der Waals surface area contributed by atoms with Gasteiger partial charge in [-0.25, -0.2) is 4.39 Å². The van der Waals surface area contributed by atoms with Crippen molar-refractivity contribution in [1.29, 1.82) is 0 Å². The molecule has 0 fully saturated rings. The predicted octanol–water partition coefficient (Wildman–Crippen LogP) is 1.85. The van der Waals surface area contributed by atoms with Crippen LogP contribution in [0.1, 0.15) is 12.5 Å². The van der Waals surface area contributed by atoms with Gasteiger partial charge in [0.05, 0.1) is 13.0 Å². The number of halogens is 1. The van der Waals surface area contributed by atoms with Crippen LogP contribution in [0.4, 0.5) is 4.39 Å². The zero-order valence-corrected chi connectivity index (χ0v) is 7.79. The van der Waals surface area contributed by atoms with E-state index in [1.807, 2.05) is 0 Å². The highest BCUT2D eigenvalue weighted by atomic mass is 19.1. The van der Waals surface area contributed by atoms with Crippen LogP contribution in [0.15, 0.2) is 18.2 Å². The lowest BCUT2D eigenvalue weighted by Gasteiger charge is -2.08. The van der Waals surface area contributed by atoms with Crippen LogP contribution in [0.25, 0.3) is 0 Å². The molecule has 1 aromatic rings. The first-order chi connectivity index (χ1) is 6.65. The number of carboxylic acid groups (broad SMARTS) is 1. The summed E-state index contributed by atoms with van der Waals surface area (Å²) in [5.74, 6) is -1.49. The SMILES string of the molecule is CCOc1c(F)cccc1CC(=O)O. The molecule has 0 aromatic heterocycles. The average molecular weight is 198 g/mol. The standard InChI is InChI=1S/C10H11FO3/c1-2-14-10-7(6-9(12)13)4-3-5-8(10)11/h3-5H,2,6H2,1H3,(H,12,13). The molecule has 4 heteroatoms. The van der Waals surface area contributed by atoms with E-state index in [0.29, 0.717) is 12.2 Å². The average Bonchev–Trinajstić information content (AvgIpc) is 2.10. The van der Waals surface area contributed by atoms with E-state index in [1.54, 1.807) is 13.0 Å². The Bertz CT molecular complexity index is 336. The van der Waals surface area contributed by atoms with Gasteiger partial charge < -0.3 is 9.84 Å². The summed E-state index contributed by atoms with van der Waals surface area (Å²) in [6.45, 7) is 2.03. The van der Waals surface area contributed by atoms with Gasteiger partial charge in [-0.1, -0.05) is 12.1 Å². The number of carbonyl (C=O) groups is 1. The summed E-state index contributed by atoms with van der Waals surface area (Å²) in [5, 5.41) is 8.57. The van der Waals surface area contributed by atoms with E-state index in [-0.39, 0.29) is 12.2 Å². The molecule has 14 heavy (non-hydrogen) atoms. The Hall–Kier alpha value is -1.58. The molecule has 0 heterocycles. The lowest BCUT2D eigenvalue weighted by molar-refractivity contribution is -0.136. The third-order valence-electron chi connectivity index (χ3n) is 1.68. The second-order valence-corrected chi connectivity index (χ2v) is 2.73. The smallest absolute Gasteiger partial charge is 0.307 e. The highest BCUT2D eigenvalue weighted by Gasteiger charge is 2.11. The third-order valence-corrected chi connectivity index (χ3v) is 1.68. The van der Waals surface area contributed by atoms with Crippen molar-refractivity contribution in [2.24, 2.45) is 0 Å². The van der Waals surface area contributed by atoms with Crippen LogP contribution < -0.4 is 4.74 Å². The largest absolute Gasteiger partial charge is 0.490 e. The van der Waals surface area contributed by atoms with Crippen molar-refractivity contribution in [2.75, 3.05) is 6.61 Å². The van der Waals surface area contributed by atoms with E-state index in [4.69, 9.17) is 9.84 Å². The molecule has 0 aliphatic rings. The van der Waals surface area contributed by atoms with Gasteiger partial charge >= 0.3 is 5.97 Å². The zero-order valence-electron chi connectivity index (χ0n) is 7.79. The number of ether oxygens (including phenoxy) is 1. The molecule has 0 bridgehead atoms. The maximum Gasteiger partial charge on any atom is 0.307 e. The fourth-order valence-corrected chi connectivity index (χ4v) is 1.16. The van der Waals surface area contributed by atoms with Crippen LogP contribution in [0, 0.1) is 5.82 Å². The first-order valence-electron chi connectivity index (χ1n) is 4.27. The fourth-order valence-electron chi connectivity index (χ4n) is 1.16. The normalized spacial score (nSPS) is 9.86. The molecular formula is C10H11FO3. The van der Waals surface area contributed by atoms with E-state index < -0.39 is 11.8 Å². The molecule has 0 saturated heterocycles. The van der Waals surface area contributed by atoms with Gasteiger partial charge in [-0.2, -0.15) is 0 Å². The van der Waals surface area contributed by atoms with E-state index in [0.717, 1.165) is 0 Å². The topological polar surface area (TPSA) is 46.5 Å². The molecule has 0 saturated carbocycles. The molecule has 0 unspecified atom stereocenters. The third kappa shape index (κ3) is 2.45. The van der Waals surface area contributed by atoms with E-state index in [1.165, 1.54) is 12.1 Å². The number of aliphatic carboxylic acids is 1. The molecule has 0 radical (unpaired) electrons. The minimum Gasteiger partial charge on any atom is -0.490 e. The lowest BCUT2D eigenvalue weighted by Crippen LogP contribution is -2.05. The van der Waals surface area contributed by atoms with Crippen molar-refractivity contribution in [2.45, 2.75) is 13.3 Å². The number of benzene rings is 1. The van der Waals surface area contributed by atoms with Crippen molar-refractivity contribution in [3.8, 4) is 5.75 Å². The number of carboxylic acids is 1. The van der Waals surface area contributed by atoms with Gasteiger partial charge in [-0.15, -0.1) is 0 Å². The number of hydrogen-bond acceptors (Lipinski definition) is 2. The Morgan fingerprint density at radius 3 is 2.86 bits per heavy atom. The van der Waals surface area contributed by atoms with Crippen LogP contribution in [0.3, 0.4) is 0 Å². The highest BCUT2D eigenvalue weighted by molar-refractivity contribution is 5.71. The minimum atomic E-state index is -1.00. The maximum atomic E-state index is 13.2. The predicted molar refractivity (Wildman–Crippen MR) is 48.9 cm³/mol. The second-order valence-electron chi connectivity index (χ2n) is 2.73. The van der Waals surface area contributed by atoms with Crippen molar-refractivity contribution in [3.63, 3.8) is 0 Å². The van der Waals surface area contributed by atoms with Crippen molar-refractivity contribution < 1.29 is 19.0 Å². The first-order valence-corrected chi connectivity index (χ1v) is 4.27. The molecule has 1 N–H and O–H groups in total. The van der Waals surface area contributed by atoms with Gasteiger partial charge in [0.25, 0.3) is 0 Å². The van der Waals surface area contributed by atoms with Gasteiger partial charge in [0.15, 0.2) is 11.6 Å². The quantitative estimate of drug-likeness (QED) is 0.803. The fraction of sp³-hybridized carbons (Fsp3) is 0.300. The molecule has 76 valence electrons. The number of hydrogen-bond donors (Lipinski definition) is 1. The van der Waals surface area contributed by atoms with Crippen molar-refractivity contribution in [3.05, 3.63) is 29.6 Å². The highest BCUT2D eigenvalue weighted by Crippen LogP contribution is 2.22. The number of rotatable bonds is 4. The van der Waals surface area contributed by atoms with Crippen LogP contribution >= 0.6 is 0 Å². The van der Waals surface area contributed by atoms with Crippen molar-refractivity contribution in [1.82, 2.24) is 0 Å². The molecule has 0 aliphatic carbocycles. The Kier molecular flexibility index (Phi) is 3.45. The van der Waals surface area contributed by atoms with Crippen LogP contribution in [-0.2, 0) is 11.2 Å². The lowest BCUT2D eigenvalue weighted by atomic mass is 10.1. The Labute approximate surface area is 81.1 Å². The Balaban J connectivity index is 3.01. The summed E-state index contributed by atoms with van der Waals surface area (Å²) in [4.78, 5) is 10.5. The summed E-state index contributed by atoms with van der Waals surface area (Å²) in [5.41, 5.74) is 0.361. The van der Waals surface area contributed by atoms with Gasteiger partial charge in [0.2, 0.25) is 0 Å². The monoisotopic (exact) mass is 198 g/mol. The Morgan fingerprint density at radius 2 is 2.29 bits per heavy atom. The molecular weight excluding hydrogens is 187 g/mol. The molecule has 0 amide bonds. The summed E-state index contributed by atoms with van der Waals surface area (Å²) in [6.07, 6.45) is -0.229. The van der Waals surface area contributed by atoms with Gasteiger partial charge in [-0.05, 0) is 13.0 Å². The van der Waals surface area contributed by atoms with Gasteiger partial charge in [-0.3, -0.25) is 4.79 Å². The molecule has 0 spiro atoms.